The van der Waals surface area contributed by atoms with Crippen molar-refractivity contribution in [1.82, 2.24) is 10.2 Å². The van der Waals surface area contributed by atoms with Gasteiger partial charge in [0.2, 0.25) is 11.8 Å². The zero-order chi connectivity index (χ0) is 28.7. The molecule has 2 amide bonds. The van der Waals surface area contributed by atoms with Crippen molar-refractivity contribution in [2.75, 3.05) is 18.0 Å². The van der Waals surface area contributed by atoms with Gasteiger partial charge in [-0.1, -0.05) is 35.9 Å². The van der Waals surface area contributed by atoms with Gasteiger partial charge in [0.15, 0.2) is 0 Å². The summed E-state index contributed by atoms with van der Waals surface area (Å²) in [6.07, 6.45) is 0. The molecule has 0 unspecified atom stereocenters. The number of benzene rings is 3. The third-order valence-corrected chi connectivity index (χ3v) is 8.10. The molecule has 10 heteroatoms. The molecule has 0 bridgehead atoms. The summed E-state index contributed by atoms with van der Waals surface area (Å²) in [7, 11) is -2.61. The van der Waals surface area contributed by atoms with Crippen LogP contribution >= 0.6 is 11.6 Å². The molecule has 3 rings (SSSR count). The summed E-state index contributed by atoms with van der Waals surface area (Å²) >= 11 is 5.99. The maximum absolute atomic E-state index is 13.9. The first-order chi connectivity index (χ1) is 18.4. The minimum absolute atomic E-state index is 0.00819. The van der Waals surface area contributed by atoms with E-state index in [9.17, 15) is 18.0 Å². The maximum Gasteiger partial charge on any atom is 0.264 e. The Morgan fingerprint density at radius 2 is 1.64 bits per heavy atom. The molecular weight excluding hydrogens is 538 g/mol. The van der Waals surface area contributed by atoms with E-state index in [1.165, 1.54) is 29.2 Å². The van der Waals surface area contributed by atoms with Gasteiger partial charge in [-0.3, -0.25) is 13.9 Å². The molecule has 0 aliphatic carbocycles. The van der Waals surface area contributed by atoms with Gasteiger partial charge in [0.1, 0.15) is 18.3 Å². The quantitative estimate of drug-likeness (QED) is 0.357. The molecule has 1 N–H and O–H groups in total. The van der Waals surface area contributed by atoms with Crippen LogP contribution in [0.1, 0.15) is 31.9 Å². The average Bonchev–Trinajstić information content (AvgIpc) is 2.89. The van der Waals surface area contributed by atoms with Crippen LogP contribution in [0.25, 0.3) is 0 Å². The number of nitrogens with zero attached hydrogens (tertiary/aromatic N) is 2. The van der Waals surface area contributed by atoms with E-state index in [1.807, 2.05) is 32.9 Å². The number of sulfonamides is 1. The number of hydrogen-bond donors (Lipinski definition) is 1. The molecule has 0 aliphatic heterocycles. The van der Waals surface area contributed by atoms with Crippen LogP contribution < -0.4 is 14.4 Å². The summed E-state index contributed by atoms with van der Waals surface area (Å²) in [4.78, 5) is 28.3. The Morgan fingerprint density at radius 3 is 2.26 bits per heavy atom. The molecule has 39 heavy (non-hydrogen) atoms. The Balaban J connectivity index is 2.04. The minimum Gasteiger partial charge on any atom is -0.497 e. The van der Waals surface area contributed by atoms with Gasteiger partial charge in [-0.2, -0.15) is 0 Å². The number of carbonyl (C=O) groups is 2. The molecule has 208 valence electrons. The number of aryl methyl sites for hydroxylation is 1. The summed E-state index contributed by atoms with van der Waals surface area (Å²) in [6.45, 7) is 6.68. The third kappa shape index (κ3) is 7.74. The van der Waals surface area contributed by atoms with E-state index in [-0.39, 0.29) is 23.4 Å². The second kappa shape index (κ2) is 13.0. The van der Waals surface area contributed by atoms with E-state index in [2.05, 4.69) is 5.32 Å². The van der Waals surface area contributed by atoms with Crippen LogP contribution in [0, 0.1) is 6.92 Å². The van der Waals surface area contributed by atoms with E-state index < -0.39 is 28.5 Å². The molecule has 0 saturated carbocycles. The van der Waals surface area contributed by atoms with E-state index in [4.69, 9.17) is 16.3 Å². The molecule has 0 aromatic heterocycles. The highest BCUT2D eigenvalue weighted by atomic mass is 35.5. The molecule has 0 fully saturated rings. The van der Waals surface area contributed by atoms with Crippen molar-refractivity contribution in [3.8, 4) is 5.75 Å². The fourth-order valence-electron chi connectivity index (χ4n) is 4.00. The van der Waals surface area contributed by atoms with Crippen LogP contribution in [0.3, 0.4) is 0 Å². The average molecular weight is 572 g/mol. The summed E-state index contributed by atoms with van der Waals surface area (Å²) in [5, 5.41) is 3.23. The topological polar surface area (TPSA) is 96.0 Å². The van der Waals surface area contributed by atoms with E-state index >= 15 is 0 Å². The first kappa shape index (κ1) is 30.0. The summed E-state index contributed by atoms with van der Waals surface area (Å²) in [5.41, 5.74) is 1.89. The number of halogens is 1. The minimum atomic E-state index is -4.16. The van der Waals surface area contributed by atoms with Crippen LogP contribution in [0.2, 0.25) is 5.02 Å². The van der Waals surface area contributed by atoms with Gasteiger partial charge >= 0.3 is 0 Å². The van der Waals surface area contributed by atoms with E-state index in [0.717, 1.165) is 15.4 Å². The van der Waals surface area contributed by atoms with Crippen molar-refractivity contribution in [1.29, 1.82) is 0 Å². The molecule has 0 spiro atoms. The fraction of sp³-hybridized carbons (Fsp3) is 0.310. The normalized spacial score (nSPS) is 12.1. The number of nitrogens with one attached hydrogen (secondary N) is 1. The van der Waals surface area contributed by atoms with Crippen LogP contribution in [-0.2, 0) is 26.2 Å². The number of amides is 2. The molecule has 0 saturated heterocycles. The Kier molecular flexibility index (Phi) is 9.99. The van der Waals surface area contributed by atoms with Gasteiger partial charge < -0.3 is 15.0 Å². The lowest BCUT2D eigenvalue weighted by Crippen LogP contribution is -2.52. The van der Waals surface area contributed by atoms with Crippen molar-refractivity contribution >= 4 is 39.1 Å². The van der Waals surface area contributed by atoms with E-state index in [0.29, 0.717) is 16.5 Å². The Hall–Kier alpha value is -3.56. The van der Waals surface area contributed by atoms with Crippen molar-refractivity contribution in [3.05, 3.63) is 88.9 Å². The molecule has 3 aromatic carbocycles. The summed E-state index contributed by atoms with van der Waals surface area (Å²) in [6, 6.07) is 18.8. The molecular formula is C29H34ClN3O5S. The van der Waals surface area contributed by atoms with Gasteiger partial charge in [0.25, 0.3) is 10.0 Å². The fourth-order valence-corrected chi connectivity index (χ4v) is 5.53. The van der Waals surface area contributed by atoms with Gasteiger partial charge in [-0.25, -0.2) is 8.42 Å². The van der Waals surface area contributed by atoms with Gasteiger partial charge in [-0.05, 0) is 87.4 Å². The molecule has 1 atom stereocenters. The first-order valence-electron chi connectivity index (χ1n) is 12.5. The Morgan fingerprint density at radius 1 is 0.974 bits per heavy atom. The number of rotatable bonds is 11. The zero-order valence-corrected chi connectivity index (χ0v) is 24.3. The van der Waals surface area contributed by atoms with Crippen LogP contribution in [-0.4, -0.2) is 50.9 Å². The van der Waals surface area contributed by atoms with E-state index in [1.54, 1.807) is 50.4 Å². The van der Waals surface area contributed by atoms with Crippen LogP contribution in [0.15, 0.2) is 77.7 Å². The second-order valence-electron chi connectivity index (χ2n) is 9.52. The molecule has 0 radical (unpaired) electrons. The largest absolute Gasteiger partial charge is 0.497 e. The van der Waals surface area contributed by atoms with Gasteiger partial charge in [0, 0.05) is 17.6 Å². The SMILES string of the molecule is COc1cccc(CN(C(=O)CN(c2cccc(C)c2)S(=O)(=O)c2ccc(Cl)cc2)[C@@H](C)C(=O)NC(C)C)c1. The maximum atomic E-state index is 13.9. The molecule has 8 nitrogen and oxygen atoms in total. The summed E-state index contributed by atoms with van der Waals surface area (Å²) in [5.74, 6) is -0.280. The van der Waals surface area contributed by atoms with Gasteiger partial charge in [0.05, 0.1) is 17.7 Å². The lowest BCUT2D eigenvalue weighted by molar-refractivity contribution is -0.139. The second-order valence-corrected chi connectivity index (χ2v) is 11.8. The smallest absolute Gasteiger partial charge is 0.264 e. The Labute approximate surface area is 235 Å². The first-order valence-corrected chi connectivity index (χ1v) is 14.3. The lowest BCUT2D eigenvalue weighted by atomic mass is 10.1. The number of carbonyl (C=O) groups excluding carboxylic acids is 2. The third-order valence-electron chi connectivity index (χ3n) is 6.06. The number of hydrogen-bond acceptors (Lipinski definition) is 5. The number of methoxy groups -OCH3 is 1. The highest BCUT2D eigenvalue weighted by molar-refractivity contribution is 7.92. The predicted octanol–water partition coefficient (Wildman–Crippen LogP) is 4.79. The van der Waals surface area contributed by atoms with Crippen LogP contribution in [0.5, 0.6) is 5.75 Å². The molecule has 3 aromatic rings. The number of anilines is 1. The zero-order valence-electron chi connectivity index (χ0n) is 22.7. The Bertz CT molecular complexity index is 1410. The predicted molar refractivity (Wildman–Crippen MR) is 153 cm³/mol. The number of ether oxygens (including phenoxy) is 1. The van der Waals surface area contributed by atoms with Gasteiger partial charge in [-0.15, -0.1) is 0 Å². The van der Waals surface area contributed by atoms with Crippen molar-refractivity contribution in [3.63, 3.8) is 0 Å². The lowest BCUT2D eigenvalue weighted by Gasteiger charge is -2.32. The highest BCUT2D eigenvalue weighted by Gasteiger charge is 2.32. The van der Waals surface area contributed by atoms with Crippen molar-refractivity contribution in [2.24, 2.45) is 0 Å². The van der Waals surface area contributed by atoms with Crippen molar-refractivity contribution < 1.29 is 22.7 Å². The standard InChI is InChI=1S/C29H34ClN3O5S/c1-20(2)31-29(35)22(4)32(18-23-9-7-11-26(17-23)38-5)28(34)19-33(25-10-6-8-21(3)16-25)39(36,37)27-14-12-24(30)13-15-27/h6-17,20,22H,18-19H2,1-5H3,(H,31,35)/t22-/m0/s1. The highest BCUT2D eigenvalue weighted by Crippen LogP contribution is 2.26. The van der Waals surface area contributed by atoms with Crippen LogP contribution in [0.4, 0.5) is 5.69 Å². The molecule has 0 aliphatic rings. The summed E-state index contributed by atoms with van der Waals surface area (Å²) < 4.78 is 34.0. The molecule has 0 heterocycles. The monoisotopic (exact) mass is 571 g/mol. The van der Waals surface area contributed by atoms with Crippen molar-refractivity contribution in [2.45, 2.75) is 51.2 Å².